The summed E-state index contributed by atoms with van der Waals surface area (Å²) in [7, 11) is -2.94. The van der Waals surface area contributed by atoms with Crippen LogP contribution in [0.3, 0.4) is 0 Å². The Hall–Kier alpha value is -0.0900. The molecule has 0 saturated heterocycles. The van der Waals surface area contributed by atoms with Crippen LogP contribution in [-0.4, -0.2) is 26.0 Å². The van der Waals surface area contributed by atoms with Crippen molar-refractivity contribution in [2.75, 3.05) is 6.26 Å². The van der Waals surface area contributed by atoms with E-state index >= 15 is 0 Å². The molecule has 0 amide bonds. The molecule has 3 nitrogen and oxygen atoms in total. The van der Waals surface area contributed by atoms with Crippen LogP contribution in [0.5, 0.6) is 0 Å². The average molecular weight is 191 g/mol. The van der Waals surface area contributed by atoms with E-state index < -0.39 is 9.84 Å². The van der Waals surface area contributed by atoms with Gasteiger partial charge in [0.25, 0.3) is 0 Å². The first-order valence-corrected chi connectivity index (χ1v) is 6.36. The average Bonchev–Trinajstić information content (AvgIpc) is 2.65. The third kappa shape index (κ3) is 2.20. The van der Waals surface area contributed by atoms with Gasteiger partial charge in [0.05, 0.1) is 5.25 Å². The molecule has 72 valence electrons. The molecule has 1 rings (SSSR count). The van der Waals surface area contributed by atoms with Crippen LogP contribution >= 0.6 is 0 Å². The van der Waals surface area contributed by atoms with Gasteiger partial charge in [-0.05, 0) is 25.2 Å². The zero-order valence-corrected chi connectivity index (χ0v) is 8.47. The maximum absolute atomic E-state index is 11.3. The summed E-state index contributed by atoms with van der Waals surface area (Å²) >= 11 is 0. The Bertz CT molecular complexity index is 244. The second-order valence-electron chi connectivity index (χ2n) is 3.69. The highest BCUT2D eigenvalue weighted by Crippen LogP contribution is 2.34. The predicted octanol–water partition coefficient (Wildman–Crippen LogP) is 0.547. The first-order valence-electron chi connectivity index (χ1n) is 4.41. The molecule has 1 aliphatic rings. The van der Waals surface area contributed by atoms with Crippen molar-refractivity contribution in [1.82, 2.24) is 0 Å². The van der Waals surface area contributed by atoms with E-state index in [1.807, 2.05) is 6.92 Å². The molecule has 4 heteroatoms. The van der Waals surface area contributed by atoms with Crippen molar-refractivity contribution in [2.45, 2.75) is 37.5 Å². The lowest BCUT2D eigenvalue weighted by Crippen LogP contribution is -2.41. The summed E-state index contributed by atoms with van der Waals surface area (Å²) in [5.41, 5.74) is 5.84. The van der Waals surface area contributed by atoms with Gasteiger partial charge in [-0.25, -0.2) is 8.42 Å². The van der Waals surface area contributed by atoms with Gasteiger partial charge < -0.3 is 5.73 Å². The fourth-order valence-electron chi connectivity index (χ4n) is 1.65. The molecule has 2 atom stereocenters. The lowest BCUT2D eigenvalue weighted by Gasteiger charge is -2.20. The fraction of sp³-hybridized carbons (Fsp3) is 1.00. The van der Waals surface area contributed by atoms with E-state index in [9.17, 15) is 8.42 Å². The van der Waals surface area contributed by atoms with Crippen molar-refractivity contribution in [3.05, 3.63) is 0 Å². The summed E-state index contributed by atoms with van der Waals surface area (Å²) in [4.78, 5) is 0. The van der Waals surface area contributed by atoms with Crippen molar-refractivity contribution in [3.8, 4) is 0 Å². The minimum absolute atomic E-state index is 0.134. The lowest BCUT2D eigenvalue weighted by molar-refractivity contribution is 0.512. The van der Waals surface area contributed by atoms with Crippen LogP contribution < -0.4 is 5.73 Å². The van der Waals surface area contributed by atoms with E-state index in [4.69, 9.17) is 5.73 Å². The van der Waals surface area contributed by atoms with Gasteiger partial charge in [-0.3, -0.25) is 0 Å². The van der Waals surface area contributed by atoms with Gasteiger partial charge in [0.15, 0.2) is 9.84 Å². The molecule has 0 aromatic carbocycles. The number of sulfone groups is 1. The molecule has 1 fully saturated rings. The molecule has 0 heterocycles. The number of hydrogen-bond donors (Lipinski definition) is 1. The largest absolute Gasteiger partial charge is 0.326 e. The van der Waals surface area contributed by atoms with Gasteiger partial charge in [-0.1, -0.05) is 6.92 Å². The number of nitrogens with two attached hydrogens (primary N) is 1. The lowest BCUT2D eigenvalue weighted by atomic mass is 10.1. The molecule has 1 aliphatic carbocycles. The Morgan fingerprint density at radius 3 is 2.25 bits per heavy atom. The van der Waals surface area contributed by atoms with Gasteiger partial charge in [0.2, 0.25) is 0 Å². The molecule has 0 bridgehead atoms. The minimum atomic E-state index is -2.94. The third-order valence-corrected chi connectivity index (χ3v) is 4.30. The molecule has 0 spiro atoms. The Morgan fingerprint density at radius 1 is 1.50 bits per heavy atom. The van der Waals surface area contributed by atoms with Gasteiger partial charge in [0, 0.05) is 12.3 Å². The third-order valence-electron chi connectivity index (χ3n) is 2.55. The Balaban J connectivity index is 2.67. The minimum Gasteiger partial charge on any atom is -0.326 e. The smallest absolute Gasteiger partial charge is 0.151 e. The van der Waals surface area contributed by atoms with Crippen molar-refractivity contribution in [1.29, 1.82) is 0 Å². The molecule has 2 N–H and O–H groups in total. The van der Waals surface area contributed by atoms with Gasteiger partial charge in [-0.2, -0.15) is 0 Å². The number of rotatable bonds is 4. The maximum atomic E-state index is 11.3. The van der Waals surface area contributed by atoms with Gasteiger partial charge in [0.1, 0.15) is 0 Å². The van der Waals surface area contributed by atoms with Crippen LogP contribution in [0, 0.1) is 5.92 Å². The van der Waals surface area contributed by atoms with Gasteiger partial charge in [-0.15, -0.1) is 0 Å². The second-order valence-corrected chi connectivity index (χ2v) is 5.96. The van der Waals surface area contributed by atoms with Crippen LogP contribution in [0.4, 0.5) is 0 Å². The molecule has 0 unspecified atom stereocenters. The predicted molar refractivity (Wildman–Crippen MR) is 49.6 cm³/mol. The van der Waals surface area contributed by atoms with E-state index in [0.717, 1.165) is 12.8 Å². The Labute approximate surface area is 74.3 Å². The van der Waals surface area contributed by atoms with Gasteiger partial charge >= 0.3 is 0 Å². The normalized spacial score (nSPS) is 23.6. The van der Waals surface area contributed by atoms with Crippen LogP contribution in [0.2, 0.25) is 0 Å². The highest BCUT2D eigenvalue weighted by atomic mass is 32.2. The molecule has 0 aromatic rings. The SMILES string of the molecule is CC[C@H]([C@@H](N)C1CC1)S(C)(=O)=O. The van der Waals surface area contributed by atoms with Crippen LogP contribution in [-0.2, 0) is 9.84 Å². The Kier molecular flexibility index (Phi) is 2.78. The van der Waals surface area contributed by atoms with E-state index in [1.54, 1.807) is 0 Å². The molecule has 0 aromatic heterocycles. The van der Waals surface area contributed by atoms with Crippen molar-refractivity contribution < 1.29 is 8.42 Å². The molecule has 0 aliphatic heterocycles. The van der Waals surface area contributed by atoms with Crippen LogP contribution in [0.15, 0.2) is 0 Å². The standard InChI is InChI=1S/C8H17NO2S/c1-3-7(12(2,10)11)8(9)6-4-5-6/h6-8H,3-5,9H2,1-2H3/t7-,8+/m1/s1. The number of hydrogen-bond acceptors (Lipinski definition) is 3. The summed E-state index contributed by atoms with van der Waals surface area (Å²) < 4.78 is 22.5. The topological polar surface area (TPSA) is 60.2 Å². The summed E-state index contributed by atoms with van der Waals surface area (Å²) in [5, 5.41) is -0.329. The molecule has 12 heavy (non-hydrogen) atoms. The molecule has 0 radical (unpaired) electrons. The summed E-state index contributed by atoms with van der Waals surface area (Å²) in [6.07, 6.45) is 4.13. The monoisotopic (exact) mass is 191 g/mol. The zero-order valence-electron chi connectivity index (χ0n) is 7.66. The highest BCUT2D eigenvalue weighted by Gasteiger charge is 2.37. The maximum Gasteiger partial charge on any atom is 0.151 e. The fourth-order valence-corrected chi connectivity index (χ4v) is 3.04. The van der Waals surface area contributed by atoms with Crippen LogP contribution in [0.1, 0.15) is 26.2 Å². The van der Waals surface area contributed by atoms with E-state index in [0.29, 0.717) is 12.3 Å². The molecular weight excluding hydrogens is 174 g/mol. The van der Waals surface area contributed by atoms with Crippen LogP contribution in [0.25, 0.3) is 0 Å². The van der Waals surface area contributed by atoms with Crippen molar-refractivity contribution in [3.63, 3.8) is 0 Å². The Morgan fingerprint density at radius 2 is 2.00 bits per heavy atom. The van der Waals surface area contributed by atoms with E-state index in [-0.39, 0.29) is 11.3 Å². The first kappa shape index (κ1) is 9.99. The zero-order chi connectivity index (χ0) is 9.35. The molecular formula is C8H17NO2S. The van der Waals surface area contributed by atoms with Crippen molar-refractivity contribution in [2.24, 2.45) is 11.7 Å². The first-order chi connectivity index (χ1) is 5.46. The van der Waals surface area contributed by atoms with E-state index in [1.165, 1.54) is 6.26 Å². The molecule has 1 saturated carbocycles. The quantitative estimate of drug-likeness (QED) is 0.706. The van der Waals surface area contributed by atoms with E-state index in [2.05, 4.69) is 0 Å². The highest BCUT2D eigenvalue weighted by molar-refractivity contribution is 7.91. The van der Waals surface area contributed by atoms with Crippen molar-refractivity contribution >= 4 is 9.84 Å². The second kappa shape index (κ2) is 3.34. The summed E-state index contributed by atoms with van der Waals surface area (Å²) in [6.45, 7) is 1.88. The summed E-state index contributed by atoms with van der Waals surface area (Å²) in [5.74, 6) is 0.463. The summed E-state index contributed by atoms with van der Waals surface area (Å²) in [6, 6.07) is -0.134.